The molecular weight excluding hydrogens is 386 g/mol. The first kappa shape index (κ1) is 19.6. The minimum absolute atomic E-state index is 0.0124. The first-order chi connectivity index (χ1) is 13.4. The Morgan fingerprint density at radius 3 is 2.46 bits per heavy atom. The zero-order chi connectivity index (χ0) is 20.3. The molecule has 0 aliphatic carbocycles. The van der Waals surface area contributed by atoms with E-state index in [4.69, 9.17) is 21.1 Å². The Kier molecular flexibility index (Phi) is 5.79. The molecule has 1 aliphatic heterocycles. The first-order valence-electron chi connectivity index (χ1n) is 8.46. The summed E-state index contributed by atoms with van der Waals surface area (Å²) in [5, 5.41) is 16.9. The third-order valence-electron chi connectivity index (χ3n) is 4.40. The molecule has 0 bridgehead atoms. The predicted molar refractivity (Wildman–Crippen MR) is 104 cm³/mol. The van der Waals surface area contributed by atoms with E-state index >= 15 is 0 Å². The lowest BCUT2D eigenvalue weighted by molar-refractivity contribution is -0.384. The Hall–Kier alpha value is -3.13. The van der Waals surface area contributed by atoms with Gasteiger partial charge in [-0.3, -0.25) is 14.9 Å². The molecular formula is C19H18ClN3O5. The number of nitrogens with zero attached hydrogens (tertiary/aromatic N) is 3. The van der Waals surface area contributed by atoms with Gasteiger partial charge in [0.15, 0.2) is 11.5 Å². The van der Waals surface area contributed by atoms with Gasteiger partial charge in [-0.1, -0.05) is 11.6 Å². The minimum atomic E-state index is -0.455. The van der Waals surface area contributed by atoms with Crippen LogP contribution in [0.3, 0.4) is 0 Å². The fourth-order valence-corrected chi connectivity index (χ4v) is 3.12. The number of carbonyl (C=O) groups excluding carboxylic acids is 1. The van der Waals surface area contributed by atoms with Crippen molar-refractivity contribution >= 4 is 28.9 Å². The molecule has 0 N–H and O–H groups in total. The fraction of sp³-hybridized carbons (Fsp3) is 0.263. The van der Waals surface area contributed by atoms with Crippen molar-refractivity contribution in [2.24, 2.45) is 5.10 Å². The summed E-state index contributed by atoms with van der Waals surface area (Å²) in [4.78, 5) is 22.9. The number of hydrogen-bond donors (Lipinski definition) is 0. The van der Waals surface area contributed by atoms with E-state index in [0.29, 0.717) is 40.8 Å². The van der Waals surface area contributed by atoms with Crippen molar-refractivity contribution in [2.75, 3.05) is 20.8 Å². The zero-order valence-electron chi connectivity index (χ0n) is 15.3. The second-order valence-electron chi connectivity index (χ2n) is 6.09. The summed E-state index contributed by atoms with van der Waals surface area (Å²) in [6.07, 6.45) is 0.638. The van der Waals surface area contributed by atoms with E-state index in [1.807, 2.05) is 0 Å². The van der Waals surface area contributed by atoms with Gasteiger partial charge in [0, 0.05) is 29.6 Å². The summed E-state index contributed by atoms with van der Waals surface area (Å²) in [5.74, 6) is 0.778. The number of nitro benzene ring substituents is 1. The van der Waals surface area contributed by atoms with Gasteiger partial charge in [0.05, 0.1) is 37.8 Å². The molecule has 28 heavy (non-hydrogen) atoms. The van der Waals surface area contributed by atoms with Gasteiger partial charge in [0.2, 0.25) is 5.91 Å². The molecule has 0 fully saturated rings. The van der Waals surface area contributed by atoms with Crippen molar-refractivity contribution < 1.29 is 19.2 Å². The number of ether oxygens (including phenoxy) is 2. The topological polar surface area (TPSA) is 94.3 Å². The molecule has 3 rings (SSSR count). The van der Waals surface area contributed by atoms with Gasteiger partial charge in [0.25, 0.3) is 5.69 Å². The smallest absolute Gasteiger partial charge is 0.269 e. The van der Waals surface area contributed by atoms with Gasteiger partial charge in [0.1, 0.15) is 0 Å². The maximum absolute atomic E-state index is 12.6. The van der Waals surface area contributed by atoms with Crippen molar-refractivity contribution in [1.82, 2.24) is 5.01 Å². The Balaban J connectivity index is 1.74. The van der Waals surface area contributed by atoms with Crippen LogP contribution in [0.5, 0.6) is 11.5 Å². The van der Waals surface area contributed by atoms with Gasteiger partial charge < -0.3 is 9.47 Å². The maximum atomic E-state index is 12.6. The third-order valence-corrected chi connectivity index (χ3v) is 4.75. The number of carbonyl (C=O) groups is 1. The van der Waals surface area contributed by atoms with E-state index in [1.165, 1.54) is 31.4 Å². The van der Waals surface area contributed by atoms with E-state index < -0.39 is 4.92 Å². The van der Waals surface area contributed by atoms with Crippen LogP contribution in [-0.2, 0) is 11.2 Å². The van der Waals surface area contributed by atoms with Gasteiger partial charge >= 0.3 is 0 Å². The monoisotopic (exact) mass is 403 g/mol. The average molecular weight is 404 g/mol. The highest BCUT2D eigenvalue weighted by molar-refractivity contribution is 6.31. The normalized spacial score (nSPS) is 13.2. The van der Waals surface area contributed by atoms with Crippen LogP contribution in [0.25, 0.3) is 0 Å². The first-order valence-corrected chi connectivity index (χ1v) is 8.83. The zero-order valence-corrected chi connectivity index (χ0v) is 16.1. The van der Waals surface area contributed by atoms with Crippen LogP contribution in [-0.4, -0.2) is 42.3 Å². The highest BCUT2D eigenvalue weighted by Crippen LogP contribution is 2.33. The lowest BCUT2D eigenvalue weighted by Crippen LogP contribution is -2.25. The number of halogens is 1. The number of non-ortho nitro benzene ring substituents is 1. The molecule has 0 unspecified atom stereocenters. The SMILES string of the molecule is COc1cc(Cl)c(CC(=O)N2CCC(c3ccc([N+](=O)[O-])cc3)=N2)cc1OC. The molecule has 2 aromatic carbocycles. The highest BCUT2D eigenvalue weighted by Gasteiger charge is 2.23. The van der Waals surface area contributed by atoms with E-state index in [2.05, 4.69) is 5.10 Å². The number of hydrazone groups is 1. The number of nitro groups is 1. The van der Waals surface area contributed by atoms with Crippen molar-refractivity contribution in [3.8, 4) is 11.5 Å². The number of amides is 1. The third kappa shape index (κ3) is 4.07. The Morgan fingerprint density at radius 1 is 1.21 bits per heavy atom. The number of rotatable bonds is 6. The Morgan fingerprint density at radius 2 is 1.86 bits per heavy atom. The molecule has 8 nitrogen and oxygen atoms in total. The molecule has 9 heteroatoms. The largest absolute Gasteiger partial charge is 0.493 e. The second kappa shape index (κ2) is 8.26. The Bertz CT molecular complexity index is 943. The van der Waals surface area contributed by atoms with Gasteiger partial charge in [-0.15, -0.1) is 0 Å². The van der Waals surface area contributed by atoms with Gasteiger partial charge in [-0.2, -0.15) is 5.10 Å². The van der Waals surface area contributed by atoms with Crippen molar-refractivity contribution in [2.45, 2.75) is 12.8 Å². The van der Waals surface area contributed by atoms with Crippen LogP contribution in [0.15, 0.2) is 41.5 Å². The molecule has 0 atom stereocenters. The second-order valence-corrected chi connectivity index (χ2v) is 6.50. The summed E-state index contributed by atoms with van der Waals surface area (Å²) in [6, 6.07) is 9.40. The molecule has 1 aliphatic rings. The van der Waals surface area contributed by atoms with Gasteiger partial charge in [-0.25, -0.2) is 5.01 Å². The lowest BCUT2D eigenvalue weighted by atomic mass is 10.1. The molecule has 2 aromatic rings. The number of hydrogen-bond acceptors (Lipinski definition) is 6. The van der Waals surface area contributed by atoms with Crippen molar-refractivity contribution in [3.05, 3.63) is 62.7 Å². The minimum Gasteiger partial charge on any atom is -0.493 e. The number of methoxy groups -OCH3 is 2. The lowest BCUT2D eigenvalue weighted by Gasteiger charge is -2.14. The molecule has 1 heterocycles. The summed E-state index contributed by atoms with van der Waals surface area (Å²) in [6.45, 7) is 0.441. The molecule has 146 valence electrons. The standard InChI is InChI=1S/C19H18ClN3O5/c1-27-17-9-13(15(20)11-18(17)28-2)10-19(24)22-8-7-16(21-22)12-3-5-14(6-4-12)23(25)26/h3-6,9,11H,7-8,10H2,1-2H3. The van der Waals surface area contributed by atoms with Gasteiger partial charge in [-0.05, 0) is 29.3 Å². The summed E-state index contributed by atoms with van der Waals surface area (Å²) >= 11 is 6.26. The van der Waals surface area contributed by atoms with Crippen LogP contribution >= 0.6 is 11.6 Å². The molecule has 0 saturated heterocycles. The van der Waals surface area contributed by atoms with E-state index in [0.717, 1.165) is 5.56 Å². The van der Waals surface area contributed by atoms with Crippen LogP contribution in [0.2, 0.25) is 5.02 Å². The molecule has 0 spiro atoms. The summed E-state index contributed by atoms with van der Waals surface area (Å²) < 4.78 is 10.5. The van der Waals surface area contributed by atoms with Crippen LogP contribution in [0.1, 0.15) is 17.5 Å². The van der Waals surface area contributed by atoms with Crippen LogP contribution < -0.4 is 9.47 Å². The molecule has 0 aromatic heterocycles. The molecule has 0 radical (unpaired) electrons. The Labute approximate surface area is 166 Å². The van der Waals surface area contributed by atoms with E-state index in [-0.39, 0.29) is 18.0 Å². The van der Waals surface area contributed by atoms with Crippen molar-refractivity contribution in [3.63, 3.8) is 0 Å². The highest BCUT2D eigenvalue weighted by atomic mass is 35.5. The summed E-state index contributed by atoms with van der Waals surface area (Å²) in [7, 11) is 3.02. The van der Waals surface area contributed by atoms with E-state index in [9.17, 15) is 14.9 Å². The molecule has 1 amide bonds. The van der Waals surface area contributed by atoms with E-state index in [1.54, 1.807) is 24.3 Å². The maximum Gasteiger partial charge on any atom is 0.269 e. The van der Waals surface area contributed by atoms with Crippen LogP contribution in [0, 0.1) is 10.1 Å². The predicted octanol–water partition coefficient (Wildman–Crippen LogP) is 3.44. The fourth-order valence-electron chi connectivity index (χ4n) is 2.90. The quantitative estimate of drug-likeness (QED) is 0.544. The average Bonchev–Trinajstić information content (AvgIpc) is 3.19. The van der Waals surface area contributed by atoms with Crippen molar-refractivity contribution in [1.29, 1.82) is 0 Å². The summed E-state index contributed by atoms with van der Waals surface area (Å²) in [5.41, 5.74) is 2.09. The molecule has 0 saturated carbocycles. The van der Waals surface area contributed by atoms with Crippen LogP contribution in [0.4, 0.5) is 5.69 Å². The number of benzene rings is 2.